The molecule has 0 bridgehead atoms. The fraction of sp³-hybridized carbons (Fsp3) is 0.833. The van der Waals surface area contributed by atoms with Crippen LogP contribution in [0.15, 0.2) is 5.16 Å². The Hall–Kier alpha value is -1.30. The number of amidine groups is 1. The molecule has 104 valence electrons. The second-order valence-electron chi connectivity index (χ2n) is 4.63. The summed E-state index contributed by atoms with van der Waals surface area (Å²) >= 11 is 0. The third-order valence-corrected chi connectivity index (χ3v) is 3.80. The summed E-state index contributed by atoms with van der Waals surface area (Å²) in [4.78, 5) is 12.4. The summed E-state index contributed by atoms with van der Waals surface area (Å²) in [7, 11) is 0. The molecular formula is C12H23N3O3. The SMILES string of the molecule is CCC(CC)(C(=O)NC1CCOCC1)C(N)=NO. The van der Waals surface area contributed by atoms with Crippen LogP contribution in [0, 0.1) is 5.41 Å². The van der Waals surface area contributed by atoms with Crippen LogP contribution in [0.1, 0.15) is 39.5 Å². The van der Waals surface area contributed by atoms with E-state index in [-0.39, 0.29) is 17.8 Å². The highest BCUT2D eigenvalue weighted by atomic mass is 16.5. The maximum atomic E-state index is 12.4. The second-order valence-corrected chi connectivity index (χ2v) is 4.63. The molecule has 1 rings (SSSR count). The van der Waals surface area contributed by atoms with Crippen LogP contribution >= 0.6 is 0 Å². The average molecular weight is 257 g/mol. The molecule has 0 unspecified atom stereocenters. The standard InChI is InChI=1S/C12H23N3O3/c1-3-12(4-2,10(13)15-17)11(16)14-9-5-7-18-8-6-9/h9,17H,3-8H2,1-2H3,(H2,13,15)(H,14,16). The third-order valence-electron chi connectivity index (χ3n) is 3.80. The molecule has 1 aliphatic heterocycles. The first-order valence-electron chi connectivity index (χ1n) is 6.47. The lowest BCUT2D eigenvalue weighted by Crippen LogP contribution is -2.52. The van der Waals surface area contributed by atoms with E-state index >= 15 is 0 Å². The molecule has 0 spiro atoms. The summed E-state index contributed by atoms with van der Waals surface area (Å²) in [5.41, 5.74) is 4.78. The van der Waals surface area contributed by atoms with Crippen molar-refractivity contribution in [2.24, 2.45) is 16.3 Å². The Morgan fingerprint density at radius 1 is 1.44 bits per heavy atom. The van der Waals surface area contributed by atoms with Crippen LogP contribution in [-0.4, -0.2) is 36.2 Å². The summed E-state index contributed by atoms with van der Waals surface area (Å²) in [6.45, 7) is 5.07. The van der Waals surface area contributed by atoms with Crippen molar-refractivity contribution in [2.75, 3.05) is 13.2 Å². The van der Waals surface area contributed by atoms with E-state index in [0.29, 0.717) is 26.1 Å². The number of rotatable bonds is 5. The Kier molecular flexibility index (Phi) is 5.40. The highest BCUT2D eigenvalue weighted by Gasteiger charge is 2.40. The third kappa shape index (κ3) is 2.93. The molecule has 1 heterocycles. The number of hydrogen-bond acceptors (Lipinski definition) is 4. The molecule has 4 N–H and O–H groups in total. The molecule has 0 aliphatic carbocycles. The van der Waals surface area contributed by atoms with Crippen LogP contribution in [0.2, 0.25) is 0 Å². The number of amides is 1. The van der Waals surface area contributed by atoms with Gasteiger partial charge in [0.25, 0.3) is 0 Å². The summed E-state index contributed by atoms with van der Waals surface area (Å²) in [5, 5.41) is 14.9. The first-order chi connectivity index (χ1) is 8.60. The minimum atomic E-state index is -0.910. The lowest BCUT2D eigenvalue weighted by atomic mass is 9.79. The van der Waals surface area contributed by atoms with E-state index in [9.17, 15) is 4.79 Å². The molecule has 1 saturated heterocycles. The molecule has 0 aromatic rings. The molecule has 1 amide bonds. The zero-order valence-electron chi connectivity index (χ0n) is 11.1. The number of oxime groups is 1. The Bertz CT molecular complexity index is 308. The largest absolute Gasteiger partial charge is 0.409 e. The number of nitrogens with zero attached hydrogens (tertiary/aromatic N) is 1. The van der Waals surface area contributed by atoms with Crippen LogP contribution < -0.4 is 11.1 Å². The van der Waals surface area contributed by atoms with Gasteiger partial charge in [0.05, 0.1) is 0 Å². The number of ether oxygens (including phenoxy) is 1. The van der Waals surface area contributed by atoms with Gasteiger partial charge in [-0.1, -0.05) is 19.0 Å². The predicted molar refractivity (Wildman–Crippen MR) is 68.4 cm³/mol. The molecule has 0 saturated carbocycles. The van der Waals surface area contributed by atoms with E-state index in [2.05, 4.69) is 10.5 Å². The van der Waals surface area contributed by atoms with Gasteiger partial charge in [0.15, 0.2) is 5.84 Å². The monoisotopic (exact) mass is 257 g/mol. The Morgan fingerprint density at radius 3 is 2.44 bits per heavy atom. The highest BCUT2D eigenvalue weighted by Crippen LogP contribution is 2.27. The Labute approximate surface area is 108 Å². The highest BCUT2D eigenvalue weighted by molar-refractivity contribution is 6.06. The van der Waals surface area contributed by atoms with Gasteiger partial charge >= 0.3 is 0 Å². The minimum Gasteiger partial charge on any atom is -0.409 e. The summed E-state index contributed by atoms with van der Waals surface area (Å²) in [6, 6.07) is 0.121. The van der Waals surface area contributed by atoms with Crippen molar-refractivity contribution in [3.8, 4) is 0 Å². The van der Waals surface area contributed by atoms with Crippen molar-refractivity contribution < 1.29 is 14.7 Å². The summed E-state index contributed by atoms with van der Waals surface area (Å²) < 4.78 is 5.25. The number of carbonyl (C=O) groups excluding carboxylic acids is 1. The van der Waals surface area contributed by atoms with Crippen molar-refractivity contribution in [1.29, 1.82) is 0 Å². The first kappa shape index (κ1) is 14.8. The van der Waals surface area contributed by atoms with Crippen LogP contribution in [0.25, 0.3) is 0 Å². The fourth-order valence-electron chi connectivity index (χ4n) is 2.31. The lowest BCUT2D eigenvalue weighted by Gasteiger charge is -2.32. The van der Waals surface area contributed by atoms with Gasteiger partial charge in [-0.2, -0.15) is 0 Å². The predicted octanol–water partition coefficient (Wildman–Crippen LogP) is 0.834. The Balaban J connectivity index is 2.76. The van der Waals surface area contributed by atoms with Gasteiger partial charge in [0, 0.05) is 19.3 Å². The van der Waals surface area contributed by atoms with E-state index in [1.807, 2.05) is 13.8 Å². The van der Waals surface area contributed by atoms with Gasteiger partial charge in [-0.15, -0.1) is 0 Å². The zero-order chi connectivity index (χ0) is 13.6. The van der Waals surface area contributed by atoms with E-state index in [4.69, 9.17) is 15.7 Å². The van der Waals surface area contributed by atoms with Crippen LogP contribution in [0.3, 0.4) is 0 Å². The molecule has 18 heavy (non-hydrogen) atoms. The molecule has 0 aromatic heterocycles. The van der Waals surface area contributed by atoms with E-state index in [1.165, 1.54) is 0 Å². The van der Waals surface area contributed by atoms with Crippen molar-refractivity contribution in [1.82, 2.24) is 5.32 Å². The molecular weight excluding hydrogens is 234 g/mol. The van der Waals surface area contributed by atoms with Crippen molar-refractivity contribution in [3.63, 3.8) is 0 Å². The van der Waals surface area contributed by atoms with E-state index in [0.717, 1.165) is 12.8 Å². The topological polar surface area (TPSA) is 96.9 Å². The summed E-state index contributed by atoms with van der Waals surface area (Å²) in [5.74, 6) is -0.174. The van der Waals surface area contributed by atoms with E-state index in [1.54, 1.807) is 0 Å². The van der Waals surface area contributed by atoms with Gasteiger partial charge < -0.3 is 21.0 Å². The molecule has 0 atom stereocenters. The van der Waals surface area contributed by atoms with Crippen molar-refractivity contribution >= 4 is 11.7 Å². The minimum absolute atomic E-state index is 0.0166. The smallest absolute Gasteiger partial charge is 0.234 e. The molecule has 0 radical (unpaired) electrons. The normalized spacial score (nSPS) is 18.7. The zero-order valence-corrected chi connectivity index (χ0v) is 11.1. The molecule has 6 nitrogen and oxygen atoms in total. The number of nitrogens with one attached hydrogen (secondary N) is 1. The van der Waals surface area contributed by atoms with Crippen molar-refractivity contribution in [2.45, 2.75) is 45.6 Å². The van der Waals surface area contributed by atoms with E-state index < -0.39 is 5.41 Å². The van der Waals surface area contributed by atoms with Gasteiger partial charge in [0.2, 0.25) is 5.91 Å². The van der Waals surface area contributed by atoms with Gasteiger partial charge in [-0.3, -0.25) is 4.79 Å². The van der Waals surface area contributed by atoms with Gasteiger partial charge in [0.1, 0.15) is 5.41 Å². The average Bonchev–Trinajstić information content (AvgIpc) is 2.41. The van der Waals surface area contributed by atoms with Crippen LogP contribution in [0.4, 0.5) is 0 Å². The van der Waals surface area contributed by atoms with Crippen LogP contribution in [-0.2, 0) is 9.53 Å². The van der Waals surface area contributed by atoms with Crippen LogP contribution in [0.5, 0.6) is 0 Å². The molecule has 0 aromatic carbocycles. The molecule has 6 heteroatoms. The first-order valence-corrected chi connectivity index (χ1v) is 6.47. The fourth-order valence-corrected chi connectivity index (χ4v) is 2.31. The Morgan fingerprint density at radius 2 is 2.00 bits per heavy atom. The molecule has 1 fully saturated rings. The summed E-state index contributed by atoms with van der Waals surface area (Å²) in [6.07, 6.45) is 2.64. The second kappa shape index (κ2) is 6.58. The number of nitrogens with two attached hydrogens (primary N) is 1. The van der Waals surface area contributed by atoms with Gasteiger partial charge in [-0.05, 0) is 25.7 Å². The maximum absolute atomic E-state index is 12.4. The van der Waals surface area contributed by atoms with Crippen molar-refractivity contribution in [3.05, 3.63) is 0 Å². The lowest BCUT2D eigenvalue weighted by molar-refractivity contribution is -0.129. The maximum Gasteiger partial charge on any atom is 0.234 e. The number of hydrogen-bond donors (Lipinski definition) is 3. The van der Waals surface area contributed by atoms with Gasteiger partial charge in [-0.25, -0.2) is 0 Å². The molecule has 1 aliphatic rings. The number of carbonyl (C=O) groups is 1. The quantitative estimate of drug-likeness (QED) is 0.294.